The van der Waals surface area contributed by atoms with E-state index in [-0.39, 0.29) is 7.14 Å². The van der Waals surface area contributed by atoms with Crippen LogP contribution in [-0.2, 0) is 0 Å². The van der Waals surface area contributed by atoms with Gasteiger partial charge in [0.05, 0.1) is 3.57 Å². The fraction of sp³-hybridized carbons (Fsp3) is 0.417. The maximum absolute atomic E-state index is 13.5. The highest BCUT2D eigenvalue weighted by Gasteiger charge is 2.81. The summed E-state index contributed by atoms with van der Waals surface area (Å²) in [6.07, 6.45) is -6.94. The van der Waals surface area contributed by atoms with Gasteiger partial charge in [-0.3, -0.25) is 0 Å². The van der Waals surface area contributed by atoms with E-state index in [9.17, 15) is 44.3 Å². The van der Waals surface area contributed by atoms with Gasteiger partial charge in [0.2, 0.25) is 0 Å². The number of halogens is 11. The van der Waals surface area contributed by atoms with Gasteiger partial charge in [-0.2, -0.15) is 39.5 Å². The van der Waals surface area contributed by atoms with Crippen molar-refractivity contribution in [1.29, 1.82) is 0 Å². The molecular weight excluding hydrogens is 617 g/mol. The Kier molecular flexibility index (Phi) is 6.63. The Morgan fingerprint density at radius 2 is 1.46 bits per heavy atom. The summed E-state index contributed by atoms with van der Waals surface area (Å²) < 4.78 is 119. The Balaban J connectivity index is 3.23. The summed E-state index contributed by atoms with van der Waals surface area (Å²) in [5, 5.41) is 8.95. The highest BCUT2D eigenvalue weighted by molar-refractivity contribution is 14.1. The van der Waals surface area contributed by atoms with Gasteiger partial charge in [-0.05, 0) is 57.3 Å². The zero-order valence-electron chi connectivity index (χ0n) is 11.8. The molecule has 0 spiro atoms. The van der Waals surface area contributed by atoms with Crippen LogP contribution in [0.1, 0.15) is 10.4 Å². The molecule has 0 radical (unpaired) electrons. The summed E-state index contributed by atoms with van der Waals surface area (Å²) in [5.41, 5.74) is -0.761. The highest BCUT2D eigenvalue weighted by atomic mass is 127. The minimum atomic E-state index is -7.04. The van der Waals surface area contributed by atoms with Crippen LogP contribution in [0.15, 0.2) is 12.1 Å². The van der Waals surface area contributed by atoms with Gasteiger partial charge in [-0.25, -0.2) is 4.79 Å². The molecule has 0 bridgehead atoms. The molecule has 14 heteroatoms. The number of carboxylic acids is 1. The van der Waals surface area contributed by atoms with E-state index in [1.54, 1.807) is 22.6 Å². The quantitative estimate of drug-likeness (QED) is 0.340. The predicted molar refractivity (Wildman–Crippen MR) is 85.2 cm³/mol. The minimum absolute atomic E-state index is 0.159. The molecule has 0 aliphatic carbocycles. The number of benzene rings is 1. The van der Waals surface area contributed by atoms with E-state index in [1.807, 2.05) is 0 Å². The number of ether oxygens (including phenoxy) is 1. The summed E-state index contributed by atoms with van der Waals surface area (Å²) in [4.78, 5) is 11.0. The van der Waals surface area contributed by atoms with E-state index in [0.717, 1.165) is 6.07 Å². The molecule has 0 unspecified atom stereocenters. The first-order chi connectivity index (χ1) is 11.5. The van der Waals surface area contributed by atoms with Crippen molar-refractivity contribution in [2.75, 3.05) is 6.61 Å². The lowest BCUT2D eigenvalue weighted by molar-refractivity contribution is -0.398. The molecule has 148 valence electrons. The monoisotopic (exact) mass is 622 g/mol. The summed E-state index contributed by atoms with van der Waals surface area (Å²) in [6.45, 7) is -2.61. The molecule has 0 aliphatic heterocycles. The molecule has 1 N–H and O–H groups in total. The number of hydrogen-bond acceptors (Lipinski definition) is 2. The van der Waals surface area contributed by atoms with Crippen molar-refractivity contribution in [3.63, 3.8) is 0 Å². The van der Waals surface area contributed by atoms with Crippen molar-refractivity contribution in [3.05, 3.63) is 24.8 Å². The van der Waals surface area contributed by atoms with E-state index in [1.165, 1.54) is 28.7 Å². The maximum Gasteiger partial charge on any atom is 0.460 e. The lowest BCUT2D eigenvalue weighted by atomic mass is 10.0. The van der Waals surface area contributed by atoms with Crippen LogP contribution in [-0.4, -0.2) is 41.6 Å². The van der Waals surface area contributed by atoms with Crippen LogP contribution >= 0.6 is 45.2 Å². The third-order valence-electron chi connectivity index (χ3n) is 2.85. The zero-order valence-corrected chi connectivity index (χ0v) is 16.1. The lowest BCUT2D eigenvalue weighted by Crippen LogP contribution is -2.62. The zero-order chi connectivity index (χ0) is 20.7. The van der Waals surface area contributed by atoms with Crippen LogP contribution in [0.4, 0.5) is 39.5 Å². The van der Waals surface area contributed by atoms with Crippen molar-refractivity contribution in [2.24, 2.45) is 0 Å². The third kappa shape index (κ3) is 4.24. The first-order valence-electron chi connectivity index (χ1n) is 6.01. The fourth-order valence-corrected chi connectivity index (χ4v) is 3.53. The molecule has 0 amide bonds. The van der Waals surface area contributed by atoms with Gasteiger partial charge in [0, 0.05) is 3.57 Å². The Hall–Kier alpha value is -0.680. The molecule has 0 heterocycles. The van der Waals surface area contributed by atoms with E-state index < -0.39 is 47.8 Å². The van der Waals surface area contributed by atoms with Gasteiger partial charge < -0.3 is 9.84 Å². The third-order valence-corrected chi connectivity index (χ3v) is 4.27. The van der Waals surface area contributed by atoms with Crippen LogP contribution in [0.2, 0.25) is 0 Å². The van der Waals surface area contributed by atoms with E-state index in [0.29, 0.717) is 0 Å². The van der Waals surface area contributed by atoms with Crippen LogP contribution in [0.5, 0.6) is 5.75 Å². The minimum Gasteiger partial charge on any atom is -0.485 e. The van der Waals surface area contributed by atoms with Gasteiger partial charge in [0.1, 0.15) is 11.3 Å². The van der Waals surface area contributed by atoms with Crippen LogP contribution < -0.4 is 4.74 Å². The number of carbonyl (C=O) groups is 1. The maximum atomic E-state index is 13.5. The first kappa shape index (κ1) is 23.4. The van der Waals surface area contributed by atoms with Crippen molar-refractivity contribution in [3.8, 4) is 5.75 Å². The molecular formula is C12H5F9I2O3. The van der Waals surface area contributed by atoms with Crippen LogP contribution in [0.3, 0.4) is 0 Å². The van der Waals surface area contributed by atoms with Gasteiger partial charge in [-0.1, -0.05) is 0 Å². The second-order valence-electron chi connectivity index (χ2n) is 4.71. The van der Waals surface area contributed by atoms with E-state index in [2.05, 4.69) is 4.74 Å². The number of hydrogen-bond donors (Lipinski definition) is 1. The SMILES string of the molecule is O=C(O)c1cc(I)cc(I)c1OCC(F)(F)C(F)(F)C(F)(F)C(F)(F)F. The number of aromatic carboxylic acids is 1. The summed E-state index contributed by atoms with van der Waals surface area (Å²) >= 11 is 3.03. The second-order valence-corrected chi connectivity index (χ2v) is 7.12. The molecule has 1 rings (SSSR count). The van der Waals surface area contributed by atoms with Crippen molar-refractivity contribution in [1.82, 2.24) is 0 Å². The Labute approximate surface area is 166 Å². The van der Waals surface area contributed by atoms with Crippen molar-refractivity contribution < 1.29 is 54.2 Å². The smallest absolute Gasteiger partial charge is 0.460 e. The van der Waals surface area contributed by atoms with Crippen LogP contribution in [0, 0.1) is 7.14 Å². The molecule has 0 saturated heterocycles. The summed E-state index contributed by atoms with van der Waals surface area (Å²) in [6, 6.07) is 2.09. The molecule has 0 fully saturated rings. The standard InChI is InChI=1S/C12H5F9I2O3/c13-9(14,10(15,16)11(17,18)12(19,20)21)3-26-7-5(8(24)25)1-4(22)2-6(7)23/h1-2H,3H2,(H,24,25). The number of rotatable bonds is 6. The lowest BCUT2D eigenvalue weighted by Gasteiger charge is -2.33. The predicted octanol–water partition coefficient (Wildman–Crippen LogP) is 5.44. The molecule has 0 aliphatic rings. The summed E-state index contributed by atoms with van der Waals surface area (Å²) in [5.74, 6) is -22.4. The largest absolute Gasteiger partial charge is 0.485 e. The van der Waals surface area contributed by atoms with Gasteiger partial charge >= 0.3 is 29.9 Å². The summed E-state index contributed by atoms with van der Waals surface area (Å²) in [7, 11) is 0. The average molecular weight is 622 g/mol. The number of carboxylic acid groups (broad SMARTS) is 1. The molecule has 0 atom stereocenters. The fourth-order valence-electron chi connectivity index (χ4n) is 1.53. The molecule has 1 aromatic carbocycles. The van der Waals surface area contributed by atoms with Crippen molar-refractivity contribution in [2.45, 2.75) is 23.9 Å². The van der Waals surface area contributed by atoms with Gasteiger partial charge in [0.15, 0.2) is 6.61 Å². The van der Waals surface area contributed by atoms with Crippen molar-refractivity contribution >= 4 is 51.2 Å². The Morgan fingerprint density at radius 3 is 1.88 bits per heavy atom. The molecule has 0 saturated carbocycles. The molecule has 3 nitrogen and oxygen atoms in total. The Bertz CT molecular complexity index is 704. The Morgan fingerprint density at radius 1 is 0.962 bits per heavy atom. The topological polar surface area (TPSA) is 46.5 Å². The number of alkyl halides is 9. The highest BCUT2D eigenvalue weighted by Crippen LogP contribution is 2.53. The van der Waals surface area contributed by atoms with Gasteiger partial charge in [-0.15, -0.1) is 0 Å². The van der Waals surface area contributed by atoms with E-state index >= 15 is 0 Å². The molecule has 26 heavy (non-hydrogen) atoms. The second kappa shape index (κ2) is 7.38. The molecule has 1 aromatic rings. The average Bonchev–Trinajstić information content (AvgIpc) is 2.43. The van der Waals surface area contributed by atoms with Crippen LogP contribution in [0.25, 0.3) is 0 Å². The first-order valence-corrected chi connectivity index (χ1v) is 8.17. The van der Waals surface area contributed by atoms with E-state index in [4.69, 9.17) is 5.11 Å². The normalized spacial score (nSPS) is 13.7. The molecule has 0 aromatic heterocycles. The van der Waals surface area contributed by atoms with Gasteiger partial charge in [0.25, 0.3) is 0 Å².